The highest BCUT2D eigenvalue weighted by molar-refractivity contribution is 6.30. The van der Waals surface area contributed by atoms with E-state index >= 15 is 0 Å². The minimum absolute atomic E-state index is 0.0159. The quantitative estimate of drug-likeness (QED) is 0.924. The van der Waals surface area contributed by atoms with Crippen LogP contribution in [-0.4, -0.2) is 12.2 Å². The summed E-state index contributed by atoms with van der Waals surface area (Å²) in [7, 11) is 1.58. The van der Waals surface area contributed by atoms with Gasteiger partial charge in [-0.2, -0.15) is 0 Å². The number of aliphatic hydroxyl groups is 1. The minimum Gasteiger partial charge on any atom is -0.497 e. The van der Waals surface area contributed by atoms with Crippen molar-refractivity contribution in [3.8, 4) is 5.75 Å². The molecule has 4 heteroatoms. The van der Waals surface area contributed by atoms with Crippen LogP contribution >= 0.6 is 11.6 Å². The van der Waals surface area contributed by atoms with Gasteiger partial charge in [0.05, 0.1) is 18.2 Å². The molecule has 0 saturated carbocycles. The molecule has 0 aromatic heterocycles. The number of hydrogen-bond donors (Lipinski definition) is 1. The second-order valence-electron chi connectivity index (χ2n) is 4.21. The molecule has 2 nitrogen and oxygen atoms in total. The van der Waals surface area contributed by atoms with Crippen molar-refractivity contribution >= 4 is 11.6 Å². The average Bonchev–Trinajstić information content (AvgIpc) is 2.42. The average molecular weight is 281 g/mol. The Hall–Kier alpha value is -1.58. The topological polar surface area (TPSA) is 29.5 Å². The van der Waals surface area contributed by atoms with Gasteiger partial charge in [-0.05, 0) is 23.8 Å². The van der Waals surface area contributed by atoms with E-state index in [2.05, 4.69) is 0 Å². The first-order chi connectivity index (χ1) is 9.11. The van der Waals surface area contributed by atoms with Gasteiger partial charge in [0.25, 0.3) is 0 Å². The fraction of sp³-hybridized carbons (Fsp3) is 0.200. The second kappa shape index (κ2) is 6.04. The highest BCUT2D eigenvalue weighted by Crippen LogP contribution is 2.26. The maximum atomic E-state index is 13.8. The third-order valence-electron chi connectivity index (χ3n) is 2.90. The molecule has 0 spiro atoms. The van der Waals surface area contributed by atoms with Gasteiger partial charge in [0.15, 0.2) is 0 Å². The first kappa shape index (κ1) is 13.8. The molecule has 0 aliphatic carbocycles. The van der Waals surface area contributed by atoms with Crippen LogP contribution in [-0.2, 0) is 6.42 Å². The van der Waals surface area contributed by atoms with E-state index in [1.54, 1.807) is 13.2 Å². The number of aliphatic hydroxyl groups excluding tert-OH is 1. The maximum absolute atomic E-state index is 13.8. The van der Waals surface area contributed by atoms with Crippen molar-refractivity contribution in [2.24, 2.45) is 0 Å². The summed E-state index contributed by atoms with van der Waals surface area (Å²) in [4.78, 5) is 0. The fourth-order valence-electron chi connectivity index (χ4n) is 1.91. The minimum atomic E-state index is -0.939. The Morgan fingerprint density at radius 3 is 2.74 bits per heavy atom. The normalized spacial score (nSPS) is 12.2. The van der Waals surface area contributed by atoms with E-state index in [4.69, 9.17) is 16.3 Å². The molecule has 2 aromatic carbocycles. The molecule has 0 aliphatic heterocycles. The Kier molecular flexibility index (Phi) is 4.40. The molecular weight excluding hydrogens is 267 g/mol. The maximum Gasteiger partial charge on any atom is 0.147 e. The SMILES string of the molecule is COc1cccc(CC(O)c2cccc(Cl)c2F)c1. The molecule has 0 bridgehead atoms. The Morgan fingerprint density at radius 2 is 2.00 bits per heavy atom. The molecule has 0 radical (unpaired) electrons. The van der Waals surface area contributed by atoms with E-state index < -0.39 is 11.9 Å². The molecule has 1 unspecified atom stereocenters. The molecular formula is C15H14ClFO2. The highest BCUT2D eigenvalue weighted by atomic mass is 35.5. The first-order valence-electron chi connectivity index (χ1n) is 5.86. The molecule has 1 N–H and O–H groups in total. The molecule has 2 aromatic rings. The summed E-state index contributed by atoms with van der Waals surface area (Å²) in [6.45, 7) is 0. The van der Waals surface area contributed by atoms with Crippen LogP contribution in [0.3, 0.4) is 0 Å². The lowest BCUT2D eigenvalue weighted by molar-refractivity contribution is 0.173. The summed E-state index contributed by atoms with van der Waals surface area (Å²) in [5.74, 6) is 0.135. The van der Waals surface area contributed by atoms with Gasteiger partial charge in [0, 0.05) is 12.0 Å². The molecule has 19 heavy (non-hydrogen) atoms. The van der Waals surface area contributed by atoms with E-state index in [1.807, 2.05) is 24.3 Å². The van der Waals surface area contributed by atoms with Gasteiger partial charge in [-0.1, -0.05) is 35.9 Å². The van der Waals surface area contributed by atoms with Gasteiger partial charge in [-0.25, -0.2) is 4.39 Å². The number of ether oxygens (including phenoxy) is 1. The summed E-state index contributed by atoms with van der Waals surface area (Å²) in [5, 5.41) is 10.1. The number of benzene rings is 2. The third-order valence-corrected chi connectivity index (χ3v) is 3.20. The number of methoxy groups -OCH3 is 1. The van der Waals surface area contributed by atoms with Crippen molar-refractivity contribution < 1.29 is 14.2 Å². The molecule has 0 amide bonds. The molecule has 0 aliphatic rings. The van der Waals surface area contributed by atoms with E-state index in [1.165, 1.54) is 12.1 Å². The predicted molar refractivity (Wildman–Crippen MR) is 73.1 cm³/mol. The zero-order valence-corrected chi connectivity index (χ0v) is 11.2. The van der Waals surface area contributed by atoms with Crippen LogP contribution in [0.15, 0.2) is 42.5 Å². The number of rotatable bonds is 4. The van der Waals surface area contributed by atoms with Crippen LogP contribution in [0.4, 0.5) is 4.39 Å². The van der Waals surface area contributed by atoms with Gasteiger partial charge in [-0.15, -0.1) is 0 Å². The summed E-state index contributed by atoms with van der Waals surface area (Å²) in [6.07, 6.45) is -0.639. The smallest absolute Gasteiger partial charge is 0.147 e. The van der Waals surface area contributed by atoms with Gasteiger partial charge in [0.2, 0.25) is 0 Å². The largest absolute Gasteiger partial charge is 0.497 e. The van der Waals surface area contributed by atoms with Crippen LogP contribution in [0.25, 0.3) is 0 Å². The van der Waals surface area contributed by atoms with E-state index in [-0.39, 0.29) is 10.6 Å². The summed E-state index contributed by atoms with van der Waals surface area (Å²) < 4.78 is 18.9. The van der Waals surface area contributed by atoms with Crippen LogP contribution in [0, 0.1) is 5.82 Å². The van der Waals surface area contributed by atoms with Crippen molar-refractivity contribution in [1.29, 1.82) is 0 Å². The highest BCUT2D eigenvalue weighted by Gasteiger charge is 2.15. The van der Waals surface area contributed by atoms with Crippen LogP contribution < -0.4 is 4.74 Å². The van der Waals surface area contributed by atoms with Gasteiger partial charge < -0.3 is 9.84 Å². The Morgan fingerprint density at radius 1 is 1.26 bits per heavy atom. The molecule has 0 saturated heterocycles. The van der Waals surface area contributed by atoms with Crippen molar-refractivity contribution in [3.05, 3.63) is 64.4 Å². The van der Waals surface area contributed by atoms with Crippen LogP contribution in [0.5, 0.6) is 5.75 Å². The molecule has 100 valence electrons. The number of halogens is 2. The second-order valence-corrected chi connectivity index (χ2v) is 4.62. The summed E-state index contributed by atoms with van der Waals surface area (Å²) in [6, 6.07) is 11.9. The lowest BCUT2D eigenvalue weighted by Crippen LogP contribution is -2.04. The van der Waals surface area contributed by atoms with Crippen LogP contribution in [0.2, 0.25) is 5.02 Å². The third kappa shape index (κ3) is 3.25. The van der Waals surface area contributed by atoms with Gasteiger partial charge in [0.1, 0.15) is 11.6 Å². The van der Waals surface area contributed by atoms with Crippen molar-refractivity contribution in [2.45, 2.75) is 12.5 Å². The number of hydrogen-bond acceptors (Lipinski definition) is 2. The van der Waals surface area contributed by atoms with Crippen molar-refractivity contribution in [2.75, 3.05) is 7.11 Å². The predicted octanol–water partition coefficient (Wildman–Crippen LogP) is 3.76. The molecule has 1 atom stereocenters. The van der Waals surface area contributed by atoms with Gasteiger partial charge in [-0.3, -0.25) is 0 Å². The van der Waals surface area contributed by atoms with Gasteiger partial charge >= 0.3 is 0 Å². The lowest BCUT2D eigenvalue weighted by atomic mass is 10.0. The molecule has 0 heterocycles. The van der Waals surface area contributed by atoms with Crippen molar-refractivity contribution in [3.63, 3.8) is 0 Å². The Balaban J connectivity index is 2.20. The van der Waals surface area contributed by atoms with Crippen LogP contribution in [0.1, 0.15) is 17.2 Å². The zero-order chi connectivity index (χ0) is 13.8. The Bertz CT molecular complexity index is 572. The van der Waals surface area contributed by atoms with E-state index in [9.17, 15) is 9.50 Å². The summed E-state index contributed by atoms with van der Waals surface area (Å²) in [5.41, 5.74) is 1.07. The standard InChI is InChI=1S/C15H14ClFO2/c1-19-11-5-2-4-10(8-11)9-14(18)12-6-3-7-13(16)15(12)17/h2-8,14,18H,9H2,1H3. The lowest BCUT2D eigenvalue weighted by Gasteiger charge is -2.13. The molecule has 0 fully saturated rings. The van der Waals surface area contributed by atoms with E-state index in [0.29, 0.717) is 12.2 Å². The van der Waals surface area contributed by atoms with Crippen molar-refractivity contribution in [1.82, 2.24) is 0 Å². The monoisotopic (exact) mass is 280 g/mol. The zero-order valence-electron chi connectivity index (χ0n) is 10.4. The Labute approximate surface area is 116 Å². The fourth-order valence-corrected chi connectivity index (χ4v) is 2.09. The molecule has 2 rings (SSSR count). The first-order valence-corrected chi connectivity index (χ1v) is 6.24. The van der Waals surface area contributed by atoms with E-state index in [0.717, 1.165) is 5.56 Å². The summed E-state index contributed by atoms with van der Waals surface area (Å²) >= 11 is 5.70.